The van der Waals surface area contributed by atoms with Crippen LogP contribution in [0.25, 0.3) is 0 Å². The van der Waals surface area contributed by atoms with E-state index in [9.17, 15) is 13.2 Å². The van der Waals surface area contributed by atoms with Gasteiger partial charge in [-0.3, -0.25) is 4.79 Å². The van der Waals surface area contributed by atoms with Crippen LogP contribution in [0.2, 0.25) is 0 Å². The van der Waals surface area contributed by atoms with E-state index in [1.165, 1.54) is 0 Å². The van der Waals surface area contributed by atoms with E-state index < -0.39 is 14.8 Å². The van der Waals surface area contributed by atoms with Crippen molar-refractivity contribution < 1.29 is 17.9 Å². The van der Waals surface area contributed by atoms with Gasteiger partial charge < -0.3 is 15.0 Å². The highest BCUT2D eigenvalue weighted by Crippen LogP contribution is 2.28. The van der Waals surface area contributed by atoms with Crippen molar-refractivity contribution in [1.82, 2.24) is 4.72 Å². The molecule has 3 rings (SSSR count). The molecule has 0 bridgehead atoms. The third-order valence-corrected chi connectivity index (χ3v) is 8.40. The van der Waals surface area contributed by atoms with Crippen molar-refractivity contribution >= 4 is 27.3 Å². The first kappa shape index (κ1) is 24.0. The molecule has 2 fully saturated rings. The molecule has 8 heteroatoms. The second-order valence-electron chi connectivity index (χ2n) is 9.98. The highest BCUT2D eigenvalue weighted by molar-refractivity contribution is 7.90. The van der Waals surface area contributed by atoms with Gasteiger partial charge in [-0.2, -0.15) is 0 Å². The summed E-state index contributed by atoms with van der Waals surface area (Å²) in [5, 5.41) is 3.03. The Morgan fingerprint density at radius 3 is 2.06 bits per heavy atom. The summed E-state index contributed by atoms with van der Waals surface area (Å²) in [5.41, 5.74) is 1.92. The summed E-state index contributed by atoms with van der Waals surface area (Å²) in [5.74, 6) is -0.0745. The molecule has 2 aliphatic rings. The number of hydrogen-bond donors (Lipinski definition) is 2. The zero-order chi connectivity index (χ0) is 22.8. The molecule has 31 heavy (non-hydrogen) atoms. The molecule has 1 saturated carbocycles. The van der Waals surface area contributed by atoms with E-state index in [0.717, 1.165) is 24.5 Å². The molecule has 0 spiro atoms. The van der Waals surface area contributed by atoms with Crippen molar-refractivity contribution in [2.24, 2.45) is 5.92 Å². The van der Waals surface area contributed by atoms with Crippen LogP contribution in [0.5, 0.6) is 0 Å². The Bertz CT molecular complexity index is 846. The summed E-state index contributed by atoms with van der Waals surface area (Å²) >= 11 is 0. The first-order valence-electron chi connectivity index (χ1n) is 11.3. The predicted molar refractivity (Wildman–Crippen MR) is 125 cm³/mol. The van der Waals surface area contributed by atoms with Gasteiger partial charge in [-0.25, -0.2) is 13.1 Å². The van der Waals surface area contributed by atoms with E-state index >= 15 is 0 Å². The van der Waals surface area contributed by atoms with Crippen LogP contribution in [0.3, 0.4) is 0 Å². The Hall–Kier alpha value is -1.64. The van der Waals surface area contributed by atoms with E-state index in [-0.39, 0.29) is 30.1 Å². The zero-order valence-electron chi connectivity index (χ0n) is 19.3. The topological polar surface area (TPSA) is 87.7 Å². The van der Waals surface area contributed by atoms with Gasteiger partial charge in [-0.1, -0.05) is 0 Å². The molecule has 2 N–H and O–H groups in total. The van der Waals surface area contributed by atoms with Crippen LogP contribution >= 0.6 is 0 Å². The second-order valence-corrected chi connectivity index (χ2v) is 12.4. The summed E-state index contributed by atoms with van der Waals surface area (Å²) in [6.45, 7) is 11.0. The van der Waals surface area contributed by atoms with Crippen molar-refractivity contribution in [2.45, 2.75) is 83.3 Å². The molecule has 1 heterocycles. The van der Waals surface area contributed by atoms with E-state index in [2.05, 4.69) is 28.8 Å². The number of ether oxygens (including phenoxy) is 1. The summed E-state index contributed by atoms with van der Waals surface area (Å²) in [4.78, 5) is 15.0. The van der Waals surface area contributed by atoms with Crippen LogP contribution in [-0.4, -0.2) is 50.4 Å². The number of carbonyl (C=O) groups excluding carboxylic acids is 1. The molecule has 1 amide bonds. The van der Waals surface area contributed by atoms with Crippen LogP contribution in [0.1, 0.15) is 60.3 Å². The lowest BCUT2D eigenvalue weighted by Crippen LogP contribution is -2.46. The highest BCUT2D eigenvalue weighted by Gasteiger charge is 2.34. The number of sulfonamides is 1. The quantitative estimate of drug-likeness (QED) is 0.715. The van der Waals surface area contributed by atoms with Crippen molar-refractivity contribution in [3.05, 3.63) is 24.3 Å². The van der Waals surface area contributed by atoms with Crippen molar-refractivity contribution in [2.75, 3.05) is 23.3 Å². The monoisotopic (exact) mass is 451 g/mol. The predicted octanol–water partition coefficient (Wildman–Crippen LogP) is 3.52. The summed E-state index contributed by atoms with van der Waals surface area (Å²) in [7, 11) is -3.37. The molecule has 1 aliphatic heterocycles. The maximum absolute atomic E-state index is 12.7. The van der Waals surface area contributed by atoms with E-state index in [1.807, 2.05) is 24.3 Å². The zero-order valence-corrected chi connectivity index (χ0v) is 20.2. The first-order chi connectivity index (χ1) is 14.4. The lowest BCUT2D eigenvalue weighted by atomic mass is 9.86. The standard InChI is InChI=1S/C23H37N3O4S/c1-16-14-26(15-17(2)30-16)21-12-10-19(11-13-21)24-22(27)18-6-8-20(9-7-18)25-31(28,29)23(3,4)5/h10-13,16-18,20,25H,6-9,14-15H2,1-5H3,(H,24,27)/t16-,17+,18-,20-. The lowest BCUT2D eigenvalue weighted by molar-refractivity contribution is -0.120. The molecule has 0 radical (unpaired) electrons. The molecule has 0 aromatic heterocycles. The van der Waals surface area contributed by atoms with Crippen molar-refractivity contribution in [3.63, 3.8) is 0 Å². The normalized spacial score (nSPS) is 27.7. The number of hydrogen-bond acceptors (Lipinski definition) is 5. The molecule has 174 valence electrons. The third-order valence-electron chi connectivity index (χ3n) is 6.15. The SMILES string of the molecule is C[C@@H]1CN(c2ccc(NC(=O)[C@H]3CC[C@H](NS(=O)(=O)C(C)(C)C)CC3)cc2)C[C@H](C)O1. The minimum atomic E-state index is -3.37. The molecule has 1 aromatic carbocycles. The fourth-order valence-corrected chi connectivity index (χ4v) is 5.29. The van der Waals surface area contributed by atoms with E-state index in [1.54, 1.807) is 20.8 Å². The maximum Gasteiger partial charge on any atom is 0.227 e. The Morgan fingerprint density at radius 1 is 1.00 bits per heavy atom. The van der Waals surface area contributed by atoms with Gasteiger partial charge in [0.05, 0.1) is 17.0 Å². The Morgan fingerprint density at radius 2 is 1.55 bits per heavy atom. The van der Waals surface area contributed by atoms with E-state index in [0.29, 0.717) is 25.7 Å². The molecule has 0 unspecified atom stereocenters. The van der Waals surface area contributed by atoms with Gasteiger partial charge in [0.25, 0.3) is 0 Å². The van der Waals surface area contributed by atoms with Gasteiger partial charge in [0.1, 0.15) is 0 Å². The summed E-state index contributed by atoms with van der Waals surface area (Å²) in [6, 6.07) is 7.88. The van der Waals surface area contributed by atoms with Crippen LogP contribution in [0, 0.1) is 5.92 Å². The minimum Gasteiger partial charge on any atom is -0.372 e. The average molecular weight is 452 g/mol. The van der Waals surface area contributed by atoms with Gasteiger partial charge in [0.2, 0.25) is 15.9 Å². The fourth-order valence-electron chi connectivity index (χ4n) is 4.26. The molecule has 7 nitrogen and oxygen atoms in total. The maximum atomic E-state index is 12.7. The fraction of sp³-hybridized carbons (Fsp3) is 0.696. The number of nitrogens with one attached hydrogen (secondary N) is 2. The number of morpholine rings is 1. The summed E-state index contributed by atoms with van der Waals surface area (Å²) in [6.07, 6.45) is 3.13. The smallest absolute Gasteiger partial charge is 0.227 e. The number of nitrogens with zero attached hydrogens (tertiary/aromatic N) is 1. The number of carbonyl (C=O) groups is 1. The van der Waals surface area contributed by atoms with Crippen molar-refractivity contribution in [1.29, 1.82) is 0 Å². The number of rotatable bonds is 5. The molecule has 2 atom stereocenters. The Balaban J connectivity index is 1.50. The van der Waals surface area contributed by atoms with Crippen LogP contribution < -0.4 is 14.9 Å². The lowest BCUT2D eigenvalue weighted by Gasteiger charge is -2.37. The highest BCUT2D eigenvalue weighted by atomic mass is 32.2. The molecular formula is C23H37N3O4S. The minimum absolute atomic E-state index is 0.0125. The van der Waals surface area contributed by atoms with Crippen LogP contribution in [0.4, 0.5) is 11.4 Å². The van der Waals surface area contributed by atoms with E-state index in [4.69, 9.17) is 4.74 Å². The molecule has 1 aliphatic carbocycles. The van der Waals surface area contributed by atoms with Crippen LogP contribution in [-0.2, 0) is 19.6 Å². The number of benzene rings is 1. The average Bonchev–Trinajstić information content (AvgIpc) is 2.67. The van der Waals surface area contributed by atoms with Crippen molar-refractivity contribution in [3.8, 4) is 0 Å². The Labute approximate surface area is 187 Å². The largest absolute Gasteiger partial charge is 0.372 e. The molecular weight excluding hydrogens is 414 g/mol. The molecule has 1 saturated heterocycles. The number of anilines is 2. The third kappa shape index (κ3) is 6.20. The Kier molecular flexibility index (Phi) is 7.33. The first-order valence-corrected chi connectivity index (χ1v) is 12.8. The van der Waals surface area contributed by atoms with Gasteiger partial charge in [-0.15, -0.1) is 0 Å². The number of amides is 1. The van der Waals surface area contributed by atoms with Gasteiger partial charge in [-0.05, 0) is 84.6 Å². The van der Waals surface area contributed by atoms with Gasteiger partial charge in [0.15, 0.2) is 0 Å². The van der Waals surface area contributed by atoms with Crippen LogP contribution in [0.15, 0.2) is 24.3 Å². The molecule has 1 aromatic rings. The summed E-state index contributed by atoms with van der Waals surface area (Å²) < 4.78 is 32.5. The van der Waals surface area contributed by atoms with Gasteiger partial charge >= 0.3 is 0 Å². The second kappa shape index (κ2) is 9.46. The van der Waals surface area contributed by atoms with Gasteiger partial charge in [0, 0.05) is 36.4 Å².